The van der Waals surface area contributed by atoms with Gasteiger partial charge in [-0.05, 0) is 54.3 Å². The van der Waals surface area contributed by atoms with Gasteiger partial charge in [0.15, 0.2) is 17.3 Å². The van der Waals surface area contributed by atoms with E-state index in [0.717, 1.165) is 5.56 Å². The lowest BCUT2D eigenvalue weighted by atomic mass is 10.1. The average molecular weight is 422 g/mol. The van der Waals surface area contributed by atoms with Gasteiger partial charge in [-0.1, -0.05) is 12.1 Å². The van der Waals surface area contributed by atoms with E-state index in [4.69, 9.17) is 18.9 Å². The van der Waals surface area contributed by atoms with Crippen LogP contribution in [0.5, 0.6) is 23.0 Å². The number of allylic oxidation sites excluding steroid dienone is 1. The van der Waals surface area contributed by atoms with Crippen LogP contribution in [0, 0.1) is 6.92 Å². The number of Topliss-reactive ketones (excluding diaryl/α,β-unsaturated/α-hetero) is 1. The quantitative estimate of drug-likeness (QED) is 0.331. The molecule has 2 aromatic carbocycles. The van der Waals surface area contributed by atoms with Gasteiger partial charge in [-0.15, -0.1) is 11.3 Å². The van der Waals surface area contributed by atoms with Crippen molar-refractivity contribution in [2.45, 2.75) is 6.92 Å². The van der Waals surface area contributed by atoms with E-state index in [1.807, 2.05) is 0 Å². The number of carbonyl (C=O) groups is 2. The van der Waals surface area contributed by atoms with Crippen LogP contribution >= 0.6 is 11.3 Å². The molecule has 0 unspecified atom stereocenters. The molecular formula is C23H18O6S. The molecule has 1 aliphatic heterocycles. The lowest BCUT2D eigenvalue weighted by Crippen LogP contribution is -2.07. The molecule has 152 valence electrons. The summed E-state index contributed by atoms with van der Waals surface area (Å²) in [6.45, 7) is 1.75. The molecule has 0 N–H and O–H groups in total. The second-order valence-corrected chi connectivity index (χ2v) is 7.43. The van der Waals surface area contributed by atoms with Crippen LogP contribution in [0.15, 0.2) is 53.6 Å². The Morgan fingerprint density at radius 3 is 2.50 bits per heavy atom. The van der Waals surface area contributed by atoms with Crippen LogP contribution in [0.4, 0.5) is 0 Å². The molecule has 0 fully saturated rings. The van der Waals surface area contributed by atoms with Crippen LogP contribution in [-0.4, -0.2) is 26.0 Å². The van der Waals surface area contributed by atoms with Crippen molar-refractivity contribution in [3.05, 3.63) is 75.2 Å². The number of fused-ring (bicyclic) bond motifs is 1. The van der Waals surface area contributed by atoms with E-state index in [2.05, 4.69) is 0 Å². The lowest BCUT2D eigenvalue weighted by molar-refractivity contribution is 0.0738. The van der Waals surface area contributed by atoms with Gasteiger partial charge in [-0.3, -0.25) is 4.79 Å². The molecule has 6 nitrogen and oxygen atoms in total. The minimum atomic E-state index is -0.446. The number of rotatable bonds is 5. The van der Waals surface area contributed by atoms with Gasteiger partial charge >= 0.3 is 5.97 Å². The van der Waals surface area contributed by atoms with Gasteiger partial charge < -0.3 is 18.9 Å². The Bertz CT molecular complexity index is 1160. The number of ketones is 1. The molecule has 0 radical (unpaired) electrons. The van der Waals surface area contributed by atoms with Gasteiger partial charge in [-0.25, -0.2) is 4.79 Å². The molecule has 1 aromatic heterocycles. The molecule has 0 saturated heterocycles. The number of carbonyl (C=O) groups excluding carboxylic acids is 2. The van der Waals surface area contributed by atoms with Gasteiger partial charge in [-0.2, -0.15) is 0 Å². The summed E-state index contributed by atoms with van der Waals surface area (Å²) in [7, 11) is 3.10. The van der Waals surface area contributed by atoms with Gasteiger partial charge in [0.25, 0.3) is 0 Å². The molecule has 0 amide bonds. The number of hydrogen-bond donors (Lipinski definition) is 0. The normalized spacial score (nSPS) is 13.7. The average Bonchev–Trinajstić information content (AvgIpc) is 3.40. The molecule has 2 heterocycles. The van der Waals surface area contributed by atoms with Gasteiger partial charge in [0.05, 0.1) is 19.8 Å². The second-order valence-electron chi connectivity index (χ2n) is 6.49. The number of ether oxygens (including phenoxy) is 4. The molecule has 4 rings (SSSR count). The van der Waals surface area contributed by atoms with Crippen molar-refractivity contribution in [3.8, 4) is 23.0 Å². The number of hydrogen-bond acceptors (Lipinski definition) is 7. The van der Waals surface area contributed by atoms with Crippen molar-refractivity contribution < 1.29 is 28.5 Å². The third-order valence-electron chi connectivity index (χ3n) is 4.67. The predicted octanol–water partition coefficient (Wildman–Crippen LogP) is 4.91. The van der Waals surface area contributed by atoms with E-state index in [1.165, 1.54) is 11.3 Å². The second kappa shape index (κ2) is 8.04. The van der Waals surface area contributed by atoms with E-state index in [1.54, 1.807) is 75.1 Å². The Morgan fingerprint density at radius 1 is 1.03 bits per heavy atom. The van der Waals surface area contributed by atoms with Crippen LogP contribution in [0.1, 0.15) is 31.2 Å². The van der Waals surface area contributed by atoms with Crippen molar-refractivity contribution in [3.63, 3.8) is 0 Å². The Balaban J connectivity index is 1.62. The number of benzene rings is 2. The highest BCUT2D eigenvalue weighted by molar-refractivity contribution is 7.12. The Morgan fingerprint density at radius 2 is 1.80 bits per heavy atom. The molecule has 1 aliphatic rings. The number of esters is 1. The first-order valence-corrected chi connectivity index (χ1v) is 9.95. The zero-order chi connectivity index (χ0) is 21.3. The summed E-state index contributed by atoms with van der Waals surface area (Å²) in [6.07, 6.45) is 1.64. The van der Waals surface area contributed by atoms with Gasteiger partial charge in [0.1, 0.15) is 16.4 Å². The van der Waals surface area contributed by atoms with Gasteiger partial charge in [0.2, 0.25) is 5.78 Å². The Labute approximate surface area is 177 Å². The molecule has 7 heteroatoms. The minimum Gasteiger partial charge on any atom is -0.493 e. The first-order chi connectivity index (χ1) is 14.5. The lowest BCUT2D eigenvalue weighted by Gasteiger charge is -2.09. The highest BCUT2D eigenvalue weighted by atomic mass is 32.1. The highest BCUT2D eigenvalue weighted by Gasteiger charge is 2.30. The van der Waals surface area contributed by atoms with Crippen LogP contribution in [0.3, 0.4) is 0 Å². The standard InChI is InChI=1S/C23H18O6S/c1-13-16(29-23(25)20-5-4-10-30-20)9-7-15-21(24)19(28-22(13)15)12-14-6-8-17(26-2)18(11-14)27-3/h4-12H,1-3H3/b19-12-. The fraction of sp³-hybridized carbons (Fsp3) is 0.130. The van der Waals surface area contributed by atoms with Crippen LogP contribution in [0.2, 0.25) is 0 Å². The van der Waals surface area contributed by atoms with Gasteiger partial charge in [0, 0.05) is 5.56 Å². The zero-order valence-electron chi connectivity index (χ0n) is 16.6. The molecule has 0 spiro atoms. The predicted molar refractivity (Wildman–Crippen MR) is 113 cm³/mol. The molecule has 0 bridgehead atoms. The summed E-state index contributed by atoms with van der Waals surface area (Å²) in [5.74, 6) is 1.39. The summed E-state index contributed by atoms with van der Waals surface area (Å²) in [4.78, 5) is 25.6. The molecule has 3 aromatic rings. The highest BCUT2D eigenvalue weighted by Crippen LogP contribution is 2.40. The molecule has 30 heavy (non-hydrogen) atoms. The maximum Gasteiger partial charge on any atom is 0.353 e. The fourth-order valence-electron chi connectivity index (χ4n) is 3.12. The SMILES string of the molecule is COc1ccc(/C=C2\Oc3c(ccc(OC(=O)c4cccs4)c3C)C2=O)cc1OC. The van der Waals surface area contributed by atoms with E-state index in [9.17, 15) is 9.59 Å². The van der Waals surface area contributed by atoms with Crippen molar-refractivity contribution in [1.29, 1.82) is 0 Å². The fourth-order valence-corrected chi connectivity index (χ4v) is 3.72. The summed E-state index contributed by atoms with van der Waals surface area (Å²) in [5, 5.41) is 1.80. The smallest absolute Gasteiger partial charge is 0.353 e. The van der Waals surface area contributed by atoms with Crippen molar-refractivity contribution in [2.75, 3.05) is 14.2 Å². The monoisotopic (exact) mass is 422 g/mol. The molecular weight excluding hydrogens is 404 g/mol. The van der Waals surface area contributed by atoms with Crippen molar-refractivity contribution >= 4 is 29.2 Å². The van der Waals surface area contributed by atoms with E-state index >= 15 is 0 Å². The van der Waals surface area contributed by atoms with Crippen LogP contribution < -0.4 is 18.9 Å². The van der Waals surface area contributed by atoms with E-state index in [-0.39, 0.29) is 11.5 Å². The Kier molecular flexibility index (Phi) is 5.29. The third kappa shape index (κ3) is 3.55. The largest absolute Gasteiger partial charge is 0.493 e. The third-order valence-corrected chi connectivity index (χ3v) is 5.52. The van der Waals surface area contributed by atoms with Crippen LogP contribution in [0.25, 0.3) is 6.08 Å². The molecule has 0 aliphatic carbocycles. The zero-order valence-corrected chi connectivity index (χ0v) is 17.4. The van der Waals surface area contributed by atoms with Crippen molar-refractivity contribution in [1.82, 2.24) is 0 Å². The Hall–Kier alpha value is -3.58. The molecule has 0 saturated carbocycles. The van der Waals surface area contributed by atoms with Crippen molar-refractivity contribution in [2.24, 2.45) is 0 Å². The summed E-state index contributed by atoms with van der Waals surface area (Å²) < 4.78 is 21.9. The molecule has 0 atom stereocenters. The maximum atomic E-state index is 12.8. The van der Waals surface area contributed by atoms with E-state index < -0.39 is 5.97 Å². The maximum absolute atomic E-state index is 12.8. The topological polar surface area (TPSA) is 71.1 Å². The van der Waals surface area contributed by atoms with Crippen LogP contribution in [-0.2, 0) is 0 Å². The minimum absolute atomic E-state index is 0.182. The summed E-state index contributed by atoms with van der Waals surface area (Å²) >= 11 is 1.30. The first kappa shape index (κ1) is 19.7. The summed E-state index contributed by atoms with van der Waals surface area (Å²) in [5.41, 5.74) is 1.74. The summed E-state index contributed by atoms with van der Waals surface area (Å²) in [6, 6.07) is 12.0. The van der Waals surface area contributed by atoms with E-state index in [0.29, 0.717) is 39.0 Å². The number of thiophene rings is 1. The number of methoxy groups -OCH3 is 2. The first-order valence-electron chi connectivity index (χ1n) is 9.07.